The molecule has 0 aliphatic heterocycles. The summed E-state index contributed by atoms with van der Waals surface area (Å²) in [5.74, 6) is 1.59. The van der Waals surface area contributed by atoms with Crippen molar-refractivity contribution in [2.75, 3.05) is 36.5 Å². The topological polar surface area (TPSA) is 61.3 Å². The van der Waals surface area contributed by atoms with E-state index in [1.54, 1.807) is 0 Å². The van der Waals surface area contributed by atoms with Crippen molar-refractivity contribution in [1.29, 1.82) is 0 Å². The highest BCUT2D eigenvalue weighted by Gasteiger charge is 2.12. The number of nitrogens with one attached hydrogen (secondary N) is 1. The van der Waals surface area contributed by atoms with E-state index in [9.17, 15) is 0 Å². The van der Waals surface area contributed by atoms with Crippen LogP contribution in [0, 0.1) is 0 Å². The van der Waals surface area contributed by atoms with Crippen LogP contribution in [0.15, 0.2) is 24.3 Å². The molecule has 1 aromatic carbocycles. The van der Waals surface area contributed by atoms with Crippen LogP contribution in [-0.2, 0) is 0 Å². The Morgan fingerprint density at radius 2 is 2.00 bits per heavy atom. The van der Waals surface area contributed by atoms with Crippen LogP contribution in [0.25, 0.3) is 10.9 Å². The zero-order chi connectivity index (χ0) is 14.4. The Hall–Kier alpha value is -1.88. The Balaban J connectivity index is 2.47. The summed E-state index contributed by atoms with van der Waals surface area (Å²) in [6.07, 6.45) is 0.739. The van der Waals surface area contributed by atoms with Gasteiger partial charge in [-0.15, -0.1) is 0 Å². The third kappa shape index (κ3) is 3.17. The highest BCUT2D eigenvalue weighted by atomic mass is 16.3. The Morgan fingerprint density at radius 3 is 2.70 bits per heavy atom. The highest BCUT2D eigenvalue weighted by Crippen LogP contribution is 2.25. The predicted octanol–water partition coefficient (Wildman–Crippen LogP) is 2.27. The van der Waals surface area contributed by atoms with E-state index in [0.717, 1.165) is 42.8 Å². The third-order valence-electron chi connectivity index (χ3n) is 3.19. The van der Waals surface area contributed by atoms with Gasteiger partial charge in [0.05, 0.1) is 5.52 Å². The molecule has 2 rings (SSSR count). The van der Waals surface area contributed by atoms with Crippen LogP contribution in [0.3, 0.4) is 0 Å². The number of aromatic nitrogens is 2. The largest absolute Gasteiger partial charge is 0.396 e. The first-order valence-electron chi connectivity index (χ1n) is 7.16. The van der Waals surface area contributed by atoms with Gasteiger partial charge in [-0.3, -0.25) is 0 Å². The maximum atomic E-state index is 9.04. The molecule has 20 heavy (non-hydrogen) atoms. The lowest BCUT2D eigenvalue weighted by atomic mass is 10.2. The number of hydrogen-bond acceptors (Lipinski definition) is 5. The molecule has 5 heteroatoms. The van der Waals surface area contributed by atoms with Crippen LogP contribution in [0.2, 0.25) is 0 Å². The van der Waals surface area contributed by atoms with Gasteiger partial charge in [0.2, 0.25) is 5.95 Å². The number of aliphatic hydroxyl groups excluding tert-OH is 1. The normalized spacial score (nSPS) is 10.8. The molecule has 108 valence electrons. The fourth-order valence-electron chi connectivity index (χ4n) is 2.21. The minimum absolute atomic E-state index is 0.194. The lowest BCUT2D eigenvalue weighted by Gasteiger charge is -2.23. The van der Waals surface area contributed by atoms with E-state index in [1.165, 1.54) is 0 Å². The number of aliphatic hydroxyl groups is 1. The molecule has 0 amide bonds. The second-order valence-electron chi connectivity index (χ2n) is 4.58. The van der Waals surface area contributed by atoms with Crippen LogP contribution in [0.4, 0.5) is 11.8 Å². The van der Waals surface area contributed by atoms with E-state index in [4.69, 9.17) is 5.11 Å². The third-order valence-corrected chi connectivity index (χ3v) is 3.19. The first kappa shape index (κ1) is 14.5. The minimum atomic E-state index is 0.194. The monoisotopic (exact) mass is 274 g/mol. The molecule has 0 unspecified atom stereocenters. The van der Waals surface area contributed by atoms with Crippen LogP contribution >= 0.6 is 0 Å². The van der Waals surface area contributed by atoms with E-state index >= 15 is 0 Å². The zero-order valence-corrected chi connectivity index (χ0v) is 12.1. The average Bonchev–Trinajstić information content (AvgIpc) is 2.48. The van der Waals surface area contributed by atoms with Gasteiger partial charge < -0.3 is 15.3 Å². The molecule has 0 atom stereocenters. The van der Waals surface area contributed by atoms with Crippen molar-refractivity contribution < 1.29 is 5.11 Å². The lowest BCUT2D eigenvalue weighted by Crippen LogP contribution is -2.26. The van der Waals surface area contributed by atoms with Gasteiger partial charge in [-0.1, -0.05) is 12.1 Å². The van der Waals surface area contributed by atoms with Gasteiger partial charge in [0, 0.05) is 31.6 Å². The molecule has 0 spiro atoms. The van der Waals surface area contributed by atoms with Gasteiger partial charge in [0.15, 0.2) is 0 Å². The number of anilines is 2. The summed E-state index contributed by atoms with van der Waals surface area (Å²) in [7, 11) is 0. The summed E-state index contributed by atoms with van der Waals surface area (Å²) in [5, 5.41) is 13.3. The Bertz CT molecular complexity index is 559. The summed E-state index contributed by atoms with van der Waals surface area (Å²) >= 11 is 0. The molecule has 0 fully saturated rings. The summed E-state index contributed by atoms with van der Waals surface area (Å²) in [6.45, 7) is 6.76. The van der Waals surface area contributed by atoms with E-state index in [2.05, 4.69) is 27.1 Å². The molecule has 2 aromatic rings. The van der Waals surface area contributed by atoms with Gasteiger partial charge in [-0.25, -0.2) is 4.98 Å². The van der Waals surface area contributed by atoms with Crippen molar-refractivity contribution in [2.24, 2.45) is 0 Å². The van der Waals surface area contributed by atoms with Crippen molar-refractivity contribution in [2.45, 2.75) is 20.3 Å². The van der Waals surface area contributed by atoms with Crippen LogP contribution in [0.5, 0.6) is 0 Å². The molecule has 0 aliphatic rings. The number of fused-ring (bicyclic) bond motifs is 1. The summed E-state index contributed by atoms with van der Waals surface area (Å²) in [4.78, 5) is 11.3. The van der Waals surface area contributed by atoms with Crippen LogP contribution in [0.1, 0.15) is 20.3 Å². The van der Waals surface area contributed by atoms with Crippen molar-refractivity contribution in [1.82, 2.24) is 9.97 Å². The first-order valence-corrected chi connectivity index (χ1v) is 7.16. The van der Waals surface area contributed by atoms with Gasteiger partial charge >= 0.3 is 0 Å². The highest BCUT2D eigenvalue weighted by molar-refractivity contribution is 5.90. The SMILES string of the molecule is CCNc1nc(N(CC)CCCO)c2ccccc2n1. The molecule has 0 bridgehead atoms. The Kier molecular flexibility index (Phi) is 5.12. The predicted molar refractivity (Wildman–Crippen MR) is 83.3 cm³/mol. The Morgan fingerprint density at radius 1 is 1.20 bits per heavy atom. The molecule has 1 heterocycles. The van der Waals surface area contributed by atoms with E-state index in [0.29, 0.717) is 5.95 Å². The van der Waals surface area contributed by atoms with Crippen LogP contribution < -0.4 is 10.2 Å². The van der Waals surface area contributed by atoms with E-state index in [-0.39, 0.29) is 6.61 Å². The summed E-state index contributed by atoms with van der Waals surface area (Å²) in [6, 6.07) is 8.03. The maximum absolute atomic E-state index is 9.04. The van der Waals surface area contributed by atoms with Crippen LogP contribution in [-0.4, -0.2) is 41.3 Å². The van der Waals surface area contributed by atoms with Crippen molar-refractivity contribution in [3.63, 3.8) is 0 Å². The molecule has 0 aliphatic carbocycles. The molecule has 5 nitrogen and oxygen atoms in total. The van der Waals surface area contributed by atoms with Gasteiger partial charge in [-0.2, -0.15) is 4.98 Å². The summed E-state index contributed by atoms with van der Waals surface area (Å²) in [5.41, 5.74) is 0.941. The average molecular weight is 274 g/mol. The number of benzene rings is 1. The summed E-state index contributed by atoms with van der Waals surface area (Å²) < 4.78 is 0. The lowest BCUT2D eigenvalue weighted by molar-refractivity contribution is 0.289. The molecule has 1 aromatic heterocycles. The first-order chi connectivity index (χ1) is 9.80. The molecule has 0 radical (unpaired) electrons. The quantitative estimate of drug-likeness (QED) is 0.811. The van der Waals surface area contributed by atoms with Crippen molar-refractivity contribution >= 4 is 22.7 Å². The Labute approximate surface area is 119 Å². The molecule has 0 saturated heterocycles. The maximum Gasteiger partial charge on any atom is 0.225 e. The van der Waals surface area contributed by atoms with Gasteiger partial charge in [0.25, 0.3) is 0 Å². The number of nitrogens with zero attached hydrogens (tertiary/aromatic N) is 3. The van der Waals surface area contributed by atoms with E-state index in [1.807, 2.05) is 31.2 Å². The second kappa shape index (κ2) is 7.05. The van der Waals surface area contributed by atoms with Gasteiger partial charge in [0.1, 0.15) is 5.82 Å². The number of rotatable bonds is 7. The second-order valence-corrected chi connectivity index (χ2v) is 4.58. The fraction of sp³-hybridized carbons (Fsp3) is 0.467. The van der Waals surface area contributed by atoms with E-state index < -0.39 is 0 Å². The molecular formula is C15H22N4O. The standard InChI is InChI=1S/C15H22N4O/c1-3-16-15-17-13-9-6-5-8-12(13)14(18-15)19(4-2)10-7-11-20/h5-6,8-9,20H,3-4,7,10-11H2,1-2H3,(H,16,17,18). The smallest absolute Gasteiger partial charge is 0.225 e. The molecular weight excluding hydrogens is 252 g/mol. The van der Waals surface area contributed by atoms with Gasteiger partial charge in [-0.05, 0) is 32.4 Å². The number of hydrogen-bond donors (Lipinski definition) is 2. The molecule has 2 N–H and O–H groups in total. The minimum Gasteiger partial charge on any atom is -0.396 e. The number of para-hydroxylation sites is 1. The molecule has 0 saturated carbocycles. The van der Waals surface area contributed by atoms with Crippen molar-refractivity contribution in [3.8, 4) is 0 Å². The van der Waals surface area contributed by atoms with Crippen molar-refractivity contribution in [3.05, 3.63) is 24.3 Å². The zero-order valence-electron chi connectivity index (χ0n) is 12.1. The fourth-order valence-corrected chi connectivity index (χ4v) is 2.21.